The average molecular weight is 235 g/mol. The molecule has 1 atom stereocenters. The Morgan fingerprint density at radius 3 is 2.71 bits per heavy atom. The first-order valence-corrected chi connectivity index (χ1v) is 6.54. The molecule has 1 unspecified atom stereocenters. The highest BCUT2D eigenvalue weighted by molar-refractivity contribution is 5.09. The van der Waals surface area contributed by atoms with Gasteiger partial charge in [0.25, 0.3) is 0 Å². The molecular weight excluding hydrogens is 210 g/mol. The second-order valence-corrected chi connectivity index (χ2v) is 4.49. The smallest absolute Gasteiger partial charge is 0.0547 e. The van der Waals surface area contributed by atoms with Gasteiger partial charge in [-0.25, -0.2) is 0 Å². The number of aryl methyl sites for hydroxylation is 1. The minimum atomic E-state index is 0.544. The lowest BCUT2D eigenvalue weighted by molar-refractivity contribution is 0.204. The Labute approximate surface area is 105 Å². The molecule has 1 N–H and O–H groups in total. The highest BCUT2D eigenvalue weighted by Gasteiger charge is 2.12. The topological polar surface area (TPSA) is 28.2 Å². The van der Waals surface area contributed by atoms with Crippen LogP contribution in [0.2, 0.25) is 0 Å². The molecule has 1 rings (SSSR count). The monoisotopic (exact) mass is 235 g/mol. The predicted octanol–water partition coefficient (Wildman–Crippen LogP) is 2.21. The molecule has 1 aromatic heterocycles. The molecule has 0 saturated carbocycles. The van der Waals surface area contributed by atoms with Crippen LogP contribution >= 0.6 is 0 Å². The molecule has 0 radical (unpaired) electrons. The fraction of sp³-hybridized carbons (Fsp3) is 0.643. The number of nitrogens with one attached hydrogen (secondary N) is 1. The molecule has 1 aromatic rings. The van der Waals surface area contributed by atoms with Gasteiger partial charge in [0.2, 0.25) is 0 Å². The quantitative estimate of drug-likeness (QED) is 0.785. The van der Waals surface area contributed by atoms with Gasteiger partial charge in [0.05, 0.1) is 5.69 Å². The summed E-state index contributed by atoms with van der Waals surface area (Å²) < 4.78 is 0. The fourth-order valence-electron chi connectivity index (χ4n) is 1.96. The largest absolute Gasteiger partial charge is 0.315 e. The van der Waals surface area contributed by atoms with E-state index < -0.39 is 0 Å². The van der Waals surface area contributed by atoms with Gasteiger partial charge < -0.3 is 5.32 Å². The van der Waals surface area contributed by atoms with Crippen LogP contribution in [0.3, 0.4) is 0 Å². The van der Waals surface area contributed by atoms with Crippen molar-refractivity contribution in [1.82, 2.24) is 15.2 Å². The van der Waals surface area contributed by atoms with Gasteiger partial charge in [-0.2, -0.15) is 0 Å². The lowest BCUT2D eigenvalue weighted by Gasteiger charge is -2.27. The molecule has 0 saturated heterocycles. The van der Waals surface area contributed by atoms with Crippen molar-refractivity contribution in [2.45, 2.75) is 40.3 Å². The van der Waals surface area contributed by atoms with Gasteiger partial charge in [-0.15, -0.1) is 0 Å². The third-order valence-corrected chi connectivity index (χ3v) is 3.03. The van der Waals surface area contributed by atoms with Crippen LogP contribution < -0.4 is 5.32 Å². The van der Waals surface area contributed by atoms with E-state index in [1.165, 1.54) is 0 Å². The number of aromatic nitrogens is 1. The number of hydrogen-bond acceptors (Lipinski definition) is 3. The Morgan fingerprint density at radius 2 is 2.12 bits per heavy atom. The minimum Gasteiger partial charge on any atom is -0.315 e. The van der Waals surface area contributed by atoms with Crippen molar-refractivity contribution in [2.75, 3.05) is 19.6 Å². The van der Waals surface area contributed by atoms with Crippen LogP contribution in [0.1, 0.15) is 32.2 Å². The SMILES string of the molecule is CCNCC(C)N(CC)Cc1cccc(C)n1. The van der Waals surface area contributed by atoms with Crippen LogP contribution in [0.15, 0.2) is 18.2 Å². The maximum atomic E-state index is 4.56. The molecule has 0 aliphatic carbocycles. The van der Waals surface area contributed by atoms with Crippen molar-refractivity contribution in [2.24, 2.45) is 0 Å². The van der Waals surface area contributed by atoms with Gasteiger partial charge in [0, 0.05) is 24.8 Å². The van der Waals surface area contributed by atoms with Crippen molar-refractivity contribution in [3.05, 3.63) is 29.6 Å². The third-order valence-electron chi connectivity index (χ3n) is 3.03. The minimum absolute atomic E-state index is 0.544. The summed E-state index contributed by atoms with van der Waals surface area (Å²) in [6.45, 7) is 12.7. The zero-order valence-corrected chi connectivity index (χ0v) is 11.5. The van der Waals surface area contributed by atoms with Gasteiger partial charge in [-0.05, 0) is 39.1 Å². The summed E-state index contributed by atoms with van der Waals surface area (Å²) in [6.07, 6.45) is 0. The van der Waals surface area contributed by atoms with Gasteiger partial charge in [-0.1, -0.05) is 19.9 Å². The Bertz CT molecular complexity index is 325. The molecule has 0 bridgehead atoms. The molecule has 1 heterocycles. The van der Waals surface area contributed by atoms with Gasteiger partial charge >= 0.3 is 0 Å². The highest BCUT2D eigenvalue weighted by Crippen LogP contribution is 2.06. The Hall–Kier alpha value is -0.930. The number of rotatable bonds is 7. The Morgan fingerprint density at radius 1 is 1.35 bits per heavy atom. The van der Waals surface area contributed by atoms with Crippen molar-refractivity contribution < 1.29 is 0 Å². The summed E-state index contributed by atoms with van der Waals surface area (Å²) in [5.74, 6) is 0. The van der Waals surface area contributed by atoms with Crippen LogP contribution in [0, 0.1) is 6.92 Å². The molecule has 96 valence electrons. The molecule has 0 spiro atoms. The molecule has 3 heteroatoms. The first-order valence-electron chi connectivity index (χ1n) is 6.54. The lowest BCUT2D eigenvalue weighted by Crippen LogP contribution is -2.40. The second-order valence-electron chi connectivity index (χ2n) is 4.49. The van der Waals surface area contributed by atoms with Gasteiger partial charge in [0.1, 0.15) is 0 Å². The highest BCUT2D eigenvalue weighted by atomic mass is 15.2. The van der Waals surface area contributed by atoms with Crippen LogP contribution in [-0.2, 0) is 6.54 Å². The van der Waals surface area contributed by atoms with E-state index in [1.54, 1.807) is 0 Å². The van der Waals surface area contributed by atoms with Crippen molar-refractivity contribution in [3.63, 3.8) is 0 Å². The molecule has 3 nitrogen and oxygen atoms in total. The molecule has 0 aromatic carbocycles. The molecular formula is C14H25N3. The van der Waals surface area contributed by atoms with Crippen molar-refractivity contribution >= 4 is 0 Å². The molecule has 17 heavy (non-hydrogen) atoms. The van der Waals surface area contributed by atoms with E-state index >= 15 is 0 Å². The second kappa shape index (κ2) is 7.41. The molecule has 0 aliphatic heterocycles. The van der Waals surface area contributed by atoms with Crippen LogP contribution in [0.4, 0.5) is 0 Å². The van der Waals surface area contributed by atoms with E-state index in [9.17, 15) is 0 Å². The number of pyridine rings is 1. The number of hydrogen-bond donors (Lipinski definition) is 1. The zero-order valence-electron chi connectivity index (χ0n) is 11.5. The number of likely N-dealkylation sites (N-methyl/N-ethyl adjacent to an activating group) is 2. The summed E-state index contributed by atoms with van der Waals surface area (Å²) in [5.41, 5.74) is 2.26. The van der Waals surface area contributed by atoms with E-state index in [2.05, 4.69) is 48.1 Å². The van der Waals surface area contributed by atoms with E-state index in [4.69, 9.17) is 0 Å². The summed E-state index contributed by atoms with van der Waals surface area (Å²) in [7, 11) is 0. The van der Waals surface area contributed by atoms with E-state index in [1.807, 2.05) is 13.0 Å². The molecule has 0 aliphatic rings. The van der Waals surface area contributed by atoms with E-state index in [0.29, 0.717) is 6.04 Å². The maximum absolute atomic E-state index is 4.56. The fourth-order valence-corrected chi connectivity index (χ4v) is 1.96. The molecule has 0 fully saturated rings. The van der Waals surface area contributed by atoms with E-state index in [0.717, 1.165) is 37.6 Å². The Balaban J connectivity index is 2.56. The standard InChI is InChI=1S/C14H25N3/c1-5-15-10-13(4)17(6-2)11-14-9-7-8-12(3)16-14/h7-9,13,15H,5-6,10-11H2,1-4H3. The average Bonchev–Trinajstić information content (AvgIpc) is 2.33. The van der Waals surface area contributed by atoms with Crippen LogP contribution in [-0.4, -0.2) is 35.6 Å². The van der Waals surface area contributed by atoms with Crippen LogP contribution in [0.5, 0.6) is 0 Å². The van der Waals surface area contributed by atoms with Gasteiger partial charge in [0.15, 0.2) is 0 Å². The Kier molecular flexibility index (Phi) is 6.16. The summed E-state index contributed by atoms with van der Waals surface area (Å²) in [4.78, 5) is 7.01. The predicted molar refractivity (Wildman–Crippen MR) is 73.1 cm³/mol. The molecule has 0 amide bonds. The summed E-state index contributed by atoms with van der Waals surface area (Å²) >= 11 is 0. The van der Waals surface area contributed by atoms with Gasteiger partial charge in [-0.3, -0.25) is 9.88 Å². The zero-order chi connectivity index (χ0) is 12.7. The number of nitrogens with zero attached hydrogens (tertiary/aromatic N) is 2. The normalized spacial score (nSPS) is 13.0. The summed E-state index contributed by atoms with van der Waals surface area (Å²) in [5, 5.41) is 3.40. The van der Waals surface area contributed by atoms with Crippen molar-refractivity contribution in [1.29, 1.82) is 0 Å². The van der Waals surface area contributed by atoms with Crippen LogP contribution in [0.25, 0.3) is 0 Å². The maximum Gasteiger partial charge on any atom is 0.0547 e. The van der Waals surface area contributed by atoms with Crippen molar-refractivity contribution in [3.8, 4) is 0 Å². The first kappa shape index (κ1) is 14.1. The van der Waals surface area contributed by atoms with E-state index in [-0.39, 0.29) is 0 Å². The first-order chi connectivity index (χ1) is 8.17. The third kappa shape index (κ3) is 4.84. The lowest BCUT2D eigenvalue weighted by atomic mass is 10.2. The summed E-state index contributed by atoms with van der Waals surface area (Å²) in [6, 6.07) is 6.78.